The number of hydrogen-bond donors (Lipinski definition) is 1. The van der Waals surface area contributed by atoms with Crippen molar-refractivity contribution in [2.24, 2.45) is 0 Å². The van der Waals surface area contributed by atoms with Crippen LogP contribution in [-0.2, 0) is 13.0 Å². The Hall–Kier alpha value is -2.57. The number of aryl methyl sites for hydroxylation is 2. The van der Waals surface area contributed by atoms with Crippen LogP contribution in [0.2, 0.25) is 0 Å². The number of carbonyl (C=O) groups excluding carboxylic acids is 1. The van der Waals surface area contributed by atoms with E-state index in [0.717, 1.165) is 43.7 Å². The third-order valence-corrected chi connectivity index (χ3v) is 6.32. The van der Waals surface area contributed by atoms with E-state index in [-0.39, 0.29) is 11.9 Å². The van der Waals surface area contributed by atoms with Gasteiger partial charge in [-0.05, 0) is 62.1 Å². The molecule has 0 spiro atoms. The lowest BCUT2D eigenvalue weighted by molar-refractivity contribution is 0.102. The standard InChI is InChI=1S/C23H26N4OS/c1-3-17-8-10-18(11-9-17)22(28)26-23-25-20(15-29-23)21-7-5-13-27(21)14-19-16(2)6-4-12-24-19/h4,6,8-12,15,21H,3,5,7,13-14H2,1-2H3,(H,25,26,28). The summed E-state index contributed by atoms with van der Waals surface area (Å²) in [5.41, 5.74) is 5.27. The number of anilines is 1. The molecule has 0 aliphatic carbocycles. The number of benzene rings is 1. The van der Waals surface area contributed by atoms with Crippen molar-refractivity contribution >= 4 is 22.4 Å². The number of thiazole rings is 1. The first kappa shape index (κ1) is 19.7. The molecule has 1 aliphatic heterocycles. The number of nitrogens with zero attached hydrogens (tertiary/aromatic N) is 3. The van der Waals surface area contributed by atoms with E-state index >= 15 is 0 Å². The highest BCUT2D eigenvalue weighted by Gasteiger charge is 2.28. The van der Waals surface area contributed by atoms with Gasteiger partial charge in [-0.15, -0.1) is 11.3 Å². The molecule has 3 heterocycles. The lowest BCUT2D eigenvalue weighted by atomic mass is 10.1. The number of aromatic nitrogens is 2. The quantitative estimate of drug-likeness (QED) is 0.626. The van der Waals surface area contributed by atoms with Crippen molar-refractivity contribution in [1.29, 1.82) is 0 Å². The minimum absolute atomic E-state index is 0.110. The van der Waals surface area contributed by atoms with Gasteiger partial charge in [0.25, 0.3) is 5.91 Å². The van der Waals surface area contributed by atoms with Crippen molar-refractivity contribution in [3.05, 3.63) is 76.1 Å². The maximum Gasteiger partial charge on any atom is 0.257 e. The fourth-order valence-corrected chi connectivity index (χ4v) is 4.54. The molecule has 1 aromatic carbocycles. The van der Waals surface area contributed by atoms with Gasteiger partial charge in [-0.1, -0.05) is 25.1 Å². The summed E-state index contributed by atoms with van der Waals surface area (Å²) in [6.45, 7) is 6.09. The summed E-state index contributed by atoms with van der Waals surface area (Å²) >= 11 is 1.49. The SMILES string of the molecule is CCc1ccc(C(=O)Nc2nc(C3CCCN3Cc3ncccc3C)cs2)cc1. The van der Waals surface area contributed by atoms with Crippen LogP contribution in [0.5, 0.6) is 0 Å². The first-order chi connectivity index (χ1) is 14.1. The number of likely N-dealkylation sites (tertiary alicyclic amines) is 1. The molecule has 29 heavy (non-hydrogen) atoms. The zero-order chi connectivity index (χ0) is 20.2. The van der Waals surface area contributed by atoms with Gasteiger partial charge < -0.3 is 0 Å². The fraction of sp³-hybridized carbons (Fsp3) is 0.348. The monoisotopic (exact) mass is 406 g/mol. The molecule has 0 saturated carbocycles. The summed E-state index contributed by atoms with van der Waals surface area (Å²) < 4.78 is 0. The molecular formula is C23H26N4OS. The highest BCUT2D eigenvalue weighted by molar-refractivity contribution is 7.14. The minimum Gasteiger partial charge on any atom is -0.298 e. The van der Waals surface area contributed by atoms with Gasteiger partial charge in [0.15, 0.2) is 5.13 Å². The third kappa shape index (κ3) is 4.54. The second-order valence-corrected chi connectivity index (χ2v) is 8.34. The lowest BCUT2D eigenvalue weighted by Gasteiger charge is -2.23. The van der Waals surface area contributed by atoms with Gasteiger partial charge in [0.05, 0.1) is 17.4 Å². The van der Waals surface area contributed by atoms with E-state index in [4.69, 9.17) is 4.98 Å². The molecule has 150 valence electrons. The van der Waals surface area contributed by atoms with Crippen LogP contribution in [0.3, 0.4) is 0 Å². The Morgan fingerprint density at radius 2 is 2.10 bits per heavy atom. The van der Waals surface area contributed by atoms with E-state index in [9.17, 15) is 4.79 Å². The van der Waals surface area contributed by atoms with Gasteiger partial charge in [0.1, 0.15) is 0 Å². The van der Waals surface area contributed by atoms with Gasteiger partial charge in [0, 0.05) is 23.7 Å². The van der Waals surface area contributed by atoms with Crippen LogP contribution in [0.4, 0.5) is 5.13 Å². The Labute approximate surface area is 175 Å². The zero-order valence-electron chi connectivity index (χ0n) is 16.9. The molecule has 1 saturated heterocycles. The average molecular weight is 407 g/mol. The van der Waals surface area contributed by atoms with Crippen LogP contribution >= 0.6 is 11.3 Å². The predicted molar refractivity (Wildman–Crippen MR) is 117 cm³/mol. The van der Waals surface area contributed by atoms with Crippen LogP contribution < -0.4 is 5.32 Å². The molecule has 1 N–H and O–H groups in total. The summed E-state index contributed by atoms with van der Waals surface area (Å²) in [6.07, 6.45) is 5.06. The molecule has 3 aromatic rings. The summed E-state index contributed by atoms with van der Waals surface area (Å²) in [7, 11) is 0. The van der Waals surface area contributed by atoms with E-state index in [1.54, 1.807) is 0 Å². The van der Waals surface area contributed by atoms with Gasteiger partial charge >= 0.3 is 0 Å². The zero-order valence-corrected chi connectivity index (χ0v) is 17.7. The molecule has 0 radical (unpaired) electrons. The molecule has 1 atom stereocenters. The maximum atomic E-state index is 12.5. The topological polar surface area (TPSA) is 58.1 Å². The summed E-state index contributed by atoms with van der Waals surface area (Å²) in [5, 5.41) is 5.68. The summed E-state index contributed by atoms with van der Waals surface area (Å²) in [5.74, 6) is -0.110. The van der Waals surface area contributed by atoms with E-state index in [1.165, 1.54) is 22.5 Å². The number of rotatable bonds is 6. The molecule has 4 rings (SSSR count). The predicted octanol–water partition coefficient (Wildman–Crippen LogP) is 5.00. The van der Waals surface area contributed by atoms with Gasteiger partial charge in [-0.2, -0.15) is 0 Å². The Bertz CT molecular complexity index is 983. The first-order valence-electron chi connectivity index (χ1n) is 10.1. The van der Waals surface area contributed by atoms with Crippen molar-refractivity contribution in [3.63, 3.8) is 0 Å². The van der Waals surface area contributed by atoms with Gasteiger partial charge in [-0.25, -0.2) is 4.98 Å². The maximum absolute atomic E-state index is 12.5. The Morgan fingerprint density at radius 1 is 1.28 bits per heavy atom. The van der Waals surface area contributed by atoms with Crippen LogP contribution in [-0.4, -0.2) is 27.3 Å². The number of nitrogens with one attached hydrogen (secondary N) is 1. The van der Waals surface area contributed by atoms with Crippen molar-refractivity contribution in [2.45, 2.75) is 45.7 Å². The van der Waals surface area contributed by atoms with Crippen molar-refractivity contribution in [1.82, 2.24) is 14.9 Å². The van der Waals surface area contributed by atoms with E-state index in [0.29, 0.717) is 10.7 Å². The lowest BCUT2D eigenvalue weighted by Crippen LogP contribution is -2.24. The van der Waals surface area contributed by atoms with E-state index < -0.39 is 0 Å². The molecule has 1 fully saturated rings. The Balaban J connectivity index is 1.43. The van der Waals surface area contributed by atoms with Gasteiger partial charge in [-0.3, -0.25) is 20.0 Å². The number of pyridine rings is 1. The highest BCUT2D eigenvalue weighted by atomic mass is 32.1. The number of amides is 1. The molecule has 1 unspecified atom stereocenters. The first-order valence-corrected chi connectivity index (χ1v) is 11.0. The fourth-order valence-electron chi connectivity index (χ4n) is 3.78. The molecule has 0 bridgehead atoms. The second-order valence-electron chi connectivity index (χ2n) is 7.48. The molecule has 6 heteroatoms. The smallest absolute Gasteiger partial charge is 0.257 e. The van der Waals surface area contributed by atoms with Crippen LogP contribution in [0.1, 0.15) is 58.7 Å². The van der Waals surface area contributed by atoms with Crippen molar-refractivity contribution in [3.8, 4) is 0 Å². The number of hydrogen-bond acceptors (Lipinski definition) is 5. The normalized spacial score (nSPS) is 16.8. The summed E-state index contributed by atoms with van der Waals surface area (Å²) in [6, 6.07) is 12.1. The largest absolute Gasteiger partial charge is 0.298 e. The summed E-state index contributed by atoms with van der Waals surface area (Å²) in [4.78, 5) is 24.2. The second kappa shape index (κ2) is 8.84. The molecule has 2 aromatic heterocycles. The average Bonchev–Trinajstić information content (AvgIpc) is 3.39. The molecule has 1 aliphatic rings. The van der Waals surface area contributed by atoms with E-state index in [2.05, 4.69) is 40.5 Å². The molecular weight excluding hydrogens is 380 g/mol. The van der Waals surface area contributed by atoms with Crippen LogP contribution in [0.25, 0.3) is 0 Å². The highest BCUT2D eigenvalue weighted by Crippen LogP contribution is 2.34. The molecule has 1 amide bonds. The van der Waals surface area contributed by atoms with Crippen molar-refractivity contribution < 1.29 is 4.79 Å². The number of carbonyl (C=O) groups is 1. The van der Waals surface area contributed by atoms with Gasteiger partial charge in [0.2, 0.25) is 0 Å². The minimum atomic E-state index is -0.110. The van der Waals surface area contributed by atoms with Crippen LogP contribution in [0, 0.1) is 6.92 Å². The Morgan fingerprint density at radius 3 is 2.86 bits per heavy atom. The molecule has 5 nitrogen and oxygen atoms in total. The van der Waals surface area contributed by atoms with E-state index in [1.807, 2.05) is 36.5 Å². The Kier molecular flexibility index (Phi) is 6.02. The van der Waals surface area contributed by atoms with Crippen molar-refractivity contribution in [2.75, 3.05) is 11.9 Å². The van der Waals surface area contributed by atoms with Crippen LogP contribution in [0.15, 0.2) is 48.0 Å². The third-order valence-electron chi connectivity index (χ3n) is 5.54.